The van der Waals surface area contributed by atoms with Crippen LogP contribution in [0.25, 0.3) is 0 Å². The molecule has 0 aromatic heterocycles. The van der Waals surface area contributed by atoms with Crippen LogP contribution in [0.4, 0.5) is 4.79 Å². The highest BCUT2D eigenvalue weighted by atomic mass is 16.6. The van der Waals surface area contributed by atoms with E-state index in [9.17, 15) is 4.79 Å². The number of hydrogen-bond donors (Lipinski definition) is 1. The van der Waals surface area contributed by atoms with Crippen molar-refractivity contribution in [2.75, 3.05) is 26.2 Å². The average Bonchev–Trinajstić information content (AvgIpc) is 2.91. The van der Waals surface area contributed by atoms with E-state index in [0.29, 0.717) is 18.1 Å². The third-order valence-electron chi connectivity index (χ3n) is 4.56. The van der Waals surface area contributed by atoms with E-state index in [1.165, 1.54) is 6.42 Å². The fourth-order valence-corrected chi connectivity index (χ4v) is 3.29. The monoisotopic (exact) mass is 312 g/mol. The number of amides is 1. The lowest BCUT2D eigenvalue weighted by atomic mass is 9.98. The van der Waals surface area contributed by atoms with Gasteiger partial charge < -0.3 is 19.7 Å². The number of carbonyl (C=O) groups is 1. The first kappa shape index (κ1) is 17.5. The van der Waals surface area contributed by atoms with Crippen LogP contribution in [-0.4, -0.2) is 55.0 Å². The van der Waals surface area contributed by atoms with E-state index in [1.54, 1.807) is 0 Å². The smallest absolute Gasteiger partial charge is 0.410 e. The highest BCUT2D eigenvalue weighted by Crippen LogP contribution is 2.23. The molecule has 5 heteroatoms. The molecule has 1 N–H and O–H groups in total. The molecule has 0 aromatic rings. The number of carbonyl (C=O) groups excluding carboxylic acids is 1. The van der Waals surface area contributed by atoms with Gasteiger partial charge in [-0.05, 0) is 52.4 Å². The summed E-state index contributed by atoms with van der Waals surface area (Å²) < 4.78 is 11.2. The molecule has 128 valence electrons. The minimum Gasteiger partial charge on any atom is -0.444 e. The van der Waals surface area contributed by atoms with Gasteiger partial charge in [-0.15, -0.1) is 0 Å². The van der Waals surface area contributed by atoms with Crippen molar-refractivity contribution >= 4 is 6.09 Å². The number of piperidine rings is 1. The van der Waals surface area contributed by atoms with Crippen LogP contribution in [0.15, 0.2) is 0 Å². The second-order valence-electron chi connectivity index (χ2n) is 7.52. The number of hydrogen-bond acceptors (Lipinski definition) is 4. The first-order valence-corrected chi connectivity index (χ1v) is 8.72. The normalized spacial score (nSPS) is 27.2. The van der Waals surface area contributed by atoms with Gasteiger partial charge in [-0.25, -0.2) is 4.79 Å². The summed E-state index contributed by atoms with van der Waals surface area (Å²) in [6, 6.07) is 0.511. The van der Waals surface area contributed by atoms with Crippen molar-refractivity contribution in [3.8, 4) is 0 Å². The van der Waals surface area contributed by atoms with Crippen LogP contribution in [0.1, 0.15) is 53.4 Å². The summed E-state index contributed by atoms with van der Waals surface area (Å²) in [5.41, 5.74) is -0.413. The zero-order valence-electron chi connectivity index (χ0n) is 14.6. The fraction of sp³-hybridized carbons (Fsp3) is 0.941. The van der Waals surface area contributed by atoms with E-state index in [0.717, 1.165) is 45.5 Å². The van der Waals surface area contributed by atoms with Gasteiger partial charge in [0.25, 0.3) is 0 Å². The zero-order valence-corrected chi connectivity index (χ0v) is 14.6. The number of nitrogens with one attached hydrogen (secondary N) is 1. The van der Waals surface area contributed by atoms with Crippen LogP contribution >= 0.6 is 0 Å². The SMILES string of the molecule is CCC1OCCC1CNC1CCN(C(=O)OC(C)(C)C)CC1. The average molecular weight is 312 g/mol. The molecule has 2 heterocycles. The van der Waals surface area contributed by atoms with E-state index >= 15 is 0 Å². The lowest BCUT2D eigenvalue weighted by Gasteiger charge is -2.34. The Kier molecular flexibility index (Phi) is 6.09. The maximum Gasteiger partial charge on any atom is 0.410 e. The van der Waals surface area contributed by atoms with Crippen LogP contribution in [0, 0.1) is 5.92 Å². The predicted molar refractivity (Wildman–Crippen MR) is 87.0 cm³/mol. The molecule has 0 aromatic carbocycles. The number of ether oxygens (including phenoxy) is 2. The van der Waals surface area contributed by atoms with Crippen LogP contribution in [0.5, 0.6) is 0 Å². The van der Waals surface area contributed by atoms with Gasteiger partial charge in [-0.3, -0.25) is 0 Å². The standard InChI is InChI=1S/C17H32N2O3/c1-5-15-13(8-11-21-15)12-18-14-6-9-19(10-7-14)16(20)22-17(2,3)4/h13-15,18H,5-12H2,1-4H3. The summed E-state index contributed by atoms with van der Waals surface area (Å²) in [6.07, 6.45) is 4.52. The molecule has 0 bridgehead atoms. The first-order chi connectivity index (χ1) is 10.4. The minimum absolute atomic E-state index is 0.179. The second-order valence-corrected chi connectivity index (χ2v) is 7.52. The molecular weight excluding hydrogens is 280 g/mol. The molecule has 5 nitrogen and oxygen atoms in total. The molecule has 2 aliphatic rings. The van der Waals surface area contributed by atoms with Gasteiger partial charge in [0.05, 0.1) is 6.10 Å². The molecule has 0 spiro atoms. The van der Waals surface area contributed by atoms with Gasteiger partial charge in [0, 0.05) is 32.3 Å². The number of rotatable bonds is 4. The van der Waals surface area contributed by atoms with Crippen molar-refractivity contribution in [3.63, 3.8) is 0 Å². The van der Waals surface area contributed by atoms with Crippen LogP contribution < -0.4 is 5.32 Å². The van der Waals surface area contributed by atoms with Gasteiger partial charge >= 0.3 is 6.09 Å². The lowest BCUT2D eigenvalue weighted by molar-refractivity contribution is 0.0196. The van der Waals surface area contributed by atoms with Gasteiger partial charge in [0.2, 0.25) is 0 Å². The molecule has 0 aliphatic carbocycles. The van der Waals surface area contributed by atoms with Crippen molar-refractivity contribution in [3.05, 3.63) is 0 Å². The second kappa shape index (κ2) is 7.64. The quantitative estimate of drug-likeness (QED) is 0.867. The molecular formula is C17H32N2O3. The summed E-state index contributed by atoms with van der Waals surface area (Å²) in [6.45, 7) is 11.4. The molecule has 0 saturated carbocycles. The minimum atomic E-state index is -0.413. The lowest BCUT2D eigenvalue weighted by Crippen LogP contribution is -2.47. The summed E-state index contributed by atoms with van der Waals surface area (Å²) in [7, 11) is 0. The summed E-state index contributed by atoms with van der Waals surface area (Å²) in [5, 5.41) is 3.68. The van der Waals surface area contributed by atoms with E-state index in [1.807, 2.05) is 25.7 Å². The molecule has 2 fully saturated rings. The van der Waals surface area contributed by atoms with E-state index in [-0.39, 0.29) is 6.09 Å². The molecule has 2 aliphatic heterocycles. The van der Waals surface area contributed by atoms with Gasteiger partial charge in [-0.2, -0.15) is 0 Å². The Morgan fingerprint density at radius 2 is 1.95 bits per heavy atom. The zero-order chi connectivity index (χ0) is 16.2. The van der Waals surface area contributed by atoms with Crippen molar-refractivity contribution in [2.45, 2.75) is 71.1 Å². The third-order valence-corrected chi connectivity index (χ3v) is 4.56. The Morgan fingerprint density at radius 3 is 2.55 bits per heavy atom. The van der Waals surface area contributed by atoms with E-state index < -0.39 is 5.60 Å². The number of likely N-dealkylation sites (tertiary alicyclic amines) is 1. The molecule has 2 saturated heterocycles. The summed E-state index contributed by atoms with van der Waals surface area (Å²) >= 11 is 0. The Balaban J connectivity index is 1.68. The Bertz CT molecular complexity index is 359. The van der Waals surface area contributed by atoms with E-state index in [4.69, 9.17) is 9.47 Å². The summed E-state index contributed by atoms with van der Waals surface area (Å²) in [5.74, 6) is 0.647. The maximum atomic E-state index is 12.0. The Labute approximate surface area is 134 Å². The Hall–Kier alpha value is -0.810. The largest absolute Gasteiger partial charge is 0.444 e. The summed E-state index contributed by atoms with van der Waals surface area (Å²) in [4.78, 5) is 13.9. The molecule has 2 unspecified atom stereocenters. The van der Waals surface area contributed by atoms with Gasteiger partial charge in [0.15, 0.2) is 0 Å². The fourth-order valence-electron chi connectivity index (χ4n) is 3.29. The van der Waals surface area contributed by atoms with Crippen LogP contribution in [0.3, 0.4) is 0 Å². The highest BCUT2D eigenvalue weighted by molar-refractivity contribution is 5.68. The first-order valence-electron chi connectivity index (χ1n) is 8.72. The highest BCUT2D eigenvalue weighted by Gasteiger charge is 2.29. The van der Waals surface area contributed by atoms with Crippen LogP contribution in [-0.2, 0) is 9.47 Å². The van der Waals surface area contributed by atoms with Gasteiger partial charge in [-0.1, -0.05) is 6.92 Å². The van der Waals surface area contributed by atoms with Crippen molar-refractivity contribution < 1.29 is 14.3 Å². The molecule has 1 amide bonds. The van der Waals surface area contributed by atoms with Crippen molar-refractivity contribution in [1.29, 1.82) is 0 Å². The molecule has 2 atom stereocenters. The van der Waals surface area contributed by atoms with Crippen molar-refractivity contribution in [1.82, 2.24) is 10.2 Å². The number of nitrogens with zero attached hydrogens (tertiary/aromatic N) is 1. The Morgan fingerprint density at radius 1 is 1.27 bits per heavy atom. The molecule has 22 heavy (non-hydrogen) atoms. The molecule has 0 radical (unpaired) electrons. The van der Waals surface area contributed by atoms with Crippen LogP contribution in [0.2, 0.25) is 0 Å². The maximum absolute atomic E-state index is 12.0. The van der Waals surface area contributed by atoms with Crippen molar-refractivity contribution in [2.24, 2.45) is 5.92 Å². The van der Waals surface area contributed by atoms with Gasteiger partial charge in [0.1, 0.15) is 5.60 Å². The molecule has 2 rings (SSSR count). The topological polar surface area (TPSA) is 50.8 Å². The third kappa shape index (κ3) is 5.13. The predicted octanol–water partition coefficient (Wildman–Crippen LogP) is 2.79. The van der Waals surface area contributed by atoms with E-state index in [2.05, 4.69) is 12.2 Å².